The van der Waals surface area contributed by atoms with Crippen LogP contribution in [0.25, 0.3) is 10.4 Å². The van der Waals surface area contributed by atoms with E-state index >= 15 is 0 Å². The van der Waals surface area contributed by atoms with Gasteiger partial charge in [-0.05, 0) is 67.2 Å². The average molecular weight is 457 g/mol. The Hall–Kier alpha value is -3.17. The van der Waals surface area contributed by atoms with E-state index in [9.17, 15) is 9.59 Å². The maximum atomic E-state index is 12.6. The number of amides is 1. The highest BCUT2D eigenvalue weighted by Crippen LogP contribution is 2.36. The number of hydrogen-bond acceptors (Lipinski definition) is 7. The number of aromatic nitrogens is 1. The van der Waals surface area contributed by atoms with Crippen LogP contribution in [0.3, 0.4) is 0 Å². The SMILES string of the molecule is CCOc1ccc(NC(=O)CCn2c(=O)cc(-c3ccc4c(c3)OCO4)sc2=S)cc1. The normalized spacial score (nSPS) is 11.9. The molecule has 0 saturated carbocycles. The molecule has 2 aromatic carbocycles. The lowest BCUT2D eigenvalue weighted by molar-refractivity contribution is -0.116. The van der Waals surface area contributed by atoms with Crippen molar-refractivity contribution in [3.63, 3.8) is 0 Å². The molecule has 0 atom stereocenters. The number of carbonyl (C=O) groups excluding carboxylic acids is 1. The molecule has 0 aliphatic carbocycles. The van der Waals surface area contributed by atoms with Crippen LogP contribution in [0.4, 0.5) is 5.69 Å². The summed E-state index contributed by atoms with van der Waals surface area (Å²) in [6.07, 6.45) is 0.132. The van der Waals surface area contributed by atoms with E-state index in [1.165, 1.54) is 22.0 Å². The number of rotatable bonds is 7. The van der Waals surface area contributed by atoms with Crippen molar-refractivity contribution in [3.8, 4) is 27.7 Å². The summed E-state index contributed by atoms with van der Waals surface area (Å²) in [7, 11) is 0. The first-order valence-electron chi connectivity index (χ1n) is 9.71. The van der Waals surface area contributed by atoms with Gasteiger partial charge in [-0.2, -0.15) is 0 Å². The summed E-state index contributed by atoms with van der Waals surface area (Å²) < 4.78 is 18.0. The molecule has 0 unspecified atom stereocenters. The standard InChI is InChI=1S/C22H20N2O5S2/c1-2-27-16-6-4-15(5-7-16)23-20(25)9-10-24-21(26)12-19(31-22(24)30)14-3-8-17-18(11-14)29-13-28-17/h3-8,11-12H,2,9-10,13H2,1H3,(H,23,25). The van der Waals surface area contributed by atoms with Crippen LogP contribution < -0.4 is 25.1 Å². The lowest BCUT2D eigenvalue weighted by Crippen LogP contribution is -2.22. The third-order valence-corrected chi connectivity index (χ3v) is 6.05. The van der Waals surface area contributed by atoms with E-state index in [0.29, 0.717) is 27.7 Å². The molecule has 1 N–H and O–H groups in total. The zero-order valence-corrected chi connectivity index (χ0v) is 18.4. The zero-order valence-electron chi connectivity index (χ0n) is 16.8. The lowest BCUT2D eigenvalue weighted by Gasteiger charge is -2.09. The van der Waals surface area contributed by atoms with Gasteiger partial charge in [0.2, 0.25) is 12.7 Å². The molecule has 7 nitrogen and oxygen atoms in total. The van der Waals surface area contributed by atoms with Crippen molar-refractivity contribution in [1.29, 1.82) is 0 Å². The van der Waals surface area contributed by atoms with Gasteiger partial charge in [0.25, 0.3) is 5.56 Å². The Morgan fingerprint density at radius 1 is 1.16 bits per heavy atom. The maximum absolute atomic E-state index is 12.6. The number of nitrogens with one attached hydrogen (secondary N) is 1. The van der Waals surface area contributed by atoms with E-state index in [2.05, 4.69) is 5.32 Å². The molecular formula is C22H20N2O5S2. The summed E-state index contributed by atoms with van der Waals surface area (Å²) in [5, 5.41) is 2.82. The van der Waals surface area contributed by atoms with Crippen LogP contribution >= 0.6 is 23.6 Å². The molecule has 31 heavy (non-hydrogen) atoms. The minimum absolute atomic E-state index is 0.132. The van der Waals surface area contributed by atoms with Gasteiger partial charge in [-0.1, -0.05) is 0 Å². The monoisotopic (exact) mass is 456 g/mol. The average Bonchev–Trinajstić information content (AvgIpc) is 3.22. The van der Waals surface area contributed by atoms with Crippen LogP contribution in [-0.4, -0.2) is 23.9 Å². The number of anilines is 1. The van der Waals surface area contributed by atoms with Gasteiger partial charge in [0.1, 0.15) is 5.75 Å². The molecule has 0 fully saturated rings. The highest BCUT2D eigenvalue weighted by atomic mass is 32.1. The maximum Gasteiger partial charge on any atom is 0.253 e. The number of ether oxygens (including phenoxy) is 3. The van der Waals surface area contributed by atoms with E-state index in [1.807, 2.05) is 25.1 Å². The topological polar surface area (TPSA) is 78.8 Å². The molecule has 1 aliphatic rings. The number of hydrogen-bond donors (Lipinski definition) is 1. The Balaban J connectivity index is 1.42. The number of benzene rings is 2. The number of carbonyl (C=O) groups is 1. The first-order valence-corrected chi connectivity index (χ1v) is 10.9. The van der Waals surface area contributed by atoms with Gasteiger partial charge in [-0.15, -0.1) is 11.3 Å². The van der Waals surface area contributed by atoms with Crippen molar-refractivity contribution in [3.05, 3.63) is 62.8 Å². The summed E-state index contributed by atoms with van der Waals surface area (Å²) in [5.41, 5.74) is 1.25. The molecule has 0 radical (unpaired) electrons. The first-order chi connectivity index (χ1) is 15.0. The van der Waals surface area contributed by atoms with Crippen LogP contribution in [0, 0.1) is 3.95 Å². The third kappa shape index (κ3) is 4.95. The molecule has 2 heterocycles. The highest BCUT2D eigenvalue weighted by molar-refractivity contribution is 7.73. The predicted molar refractivity (Wildman–Crippen MR) is 122 cm³/mol. The molecule has 0 spiro atoms. The van der Waals surface area contributed by atoms with Crippen LogP contribution in [0.5, 0.6) is 17.2 Å². The Labute approximate surface area is 187 Å². The fraction of sp³-hybridized carbons (Fsp3) is 0.227. The Morgan fingerprint density at radius 3 is 2.68 bits per heavy atom. The molecule has 0 saturated heterocycles. The Bertz CT molecular complexity index is 1190. The predicted octanol–water partition coefficient (Wildman–Crippen LogP) is 4.46. The van der Waals surface area contributed by atoms with Crippen LogP contribution in [0.2, 0.25) is 0 Å². The molecule has 1 aliphatic heterocycles. The van der Waals surface area contributed by atoms with Crippen molar-refractivity contribution in [2.24, 2.45) is 0 Å². The van der Waals surface area contributed by atoms with Crippen molar-refractivity contribution in [2.45, 2.75) is 19.9 Å². The second-order valence-electron chi connectivity index (χ2n) is 6.69. The van der Waals surface area contributed by atoms with Crippen molar-refractivity contribution < 1.29 is 19.0 Å². The largest absolute Gasteiger partial charge is 0.494 e. The second-order valence-corrected chi connectivity index (χ2v) is 8.37. The van der Waals surface area contributed by atoms with E-state index in [1.54, 1.807) is 24.3 Å². The fourth-order valence-corrected chi connectivity index (χ4v) is 4.42. The van der Waals surface area contributed by atoms with Gasteiger partial charge in [0.05, 0.1) is 6.61 Å². The van der Waals surface area contributed by atoms with E-state index in [4.69, 9.17) is 26.4 Å². The van der Waals surface area contributed by atoms with Crippen molar-refractivity contribution >= 4 is 35.1 Å². The number of nitrogens with zero attached hydrogens (tertiary/aromatic N) is 1. The van der Waals surface area contributed by atoms with E-state index < -0.39 is 0 Å². The molecule has 0 bridgehead atoms. The van der Waals surface area contributed by atoms with Crippen LogP contribution in [-0.2, 0) is 11.3 Å². The summed E-state index contributed by atoms with van der Waals surface area (Å²) >= 11 is 6.74. The molecule has 1 amide bonds. The molecular weight excluding hydrogens is 436 g/mol. The first kappa shape index (κ1) is 21.1. The number of fused-ring (bicyclic) bond motifs is 1. The molecule has 4 rings (SSSR count). The van der Waals surface area contributed by atoms with Gasteiger partial charge < -0.3 is 19.5 Å². The van der Waals surface area contributed by atoms with Crippen LogP contribution in [0.1, 0.15) is 13.3 Å². The highest BCUT2D eigenvalue weighted by Gasteiger charge is 2.15. The smallest absolute Gasteiger partial charge is 0.253 e. The Morgan fingerprint density at radius 2 is 1.94 bits per heavy atom. The second kappa shape index (κ2) is 9.32. The van der Waals surface area contributed by atoms with E-state index in [-0.39, 0.29) is 31.2 Å². The zero-order chi connectivity index (χ0) is 21.8. The molecule has 160 valence electrons. The minimum Gasteiger partial charge on any atom is -0.494 e. The van der Waals surface area contributed by atoms with Crippen LogP contribution in [0.15, 0.2) is 53.3 Å². The van der Waals surface area contributed by atoms with E-state index in [0.717, 1.165) is 16.2 Å². The minimum atomic E-state index is -0.245. The summed E-state index contributed by atoms with van der Waals surface area (Å²) in [6.45, 7) is 2.89. The summed E-state index contributed by atoms with van der Waals surface area (Å²) in [6, 6.07) is 14.2. The van der Waals surface area contributed by atoms with Gasteiger partial charge in [0, 0.05) is 29.6 Å². The molecule has 3 aromatic rings. The molecule has 9 heteroatoms. The third-order valence-electron chi connectivity index (χ3n) is 4.61. The quantitative estimate of drug-likeness (QED) is 0.529. The van der Waals surface area contributed by atoms with Gasteiger partial charge in [-0.25, -0.2) is 0 Å². The van der Waals surface area contributed by atoms with Crippen molar-refractivity contribution in [1.82, 2.24) is 4.57 Å². The summed E-state index contributed by atoms with van der Waals surface area (Å²) in [4.78, 5) is 25.7. The lowest BCUT2D eigenvalue weighted by atomic mass is 10.2. The Kier molecular flexibility index (Phi) is 6.34. The molecule has 1 aromatic heterocycles. The summed E-state index contributed by atoms with van der Waals surface area (Å²) in [5.74, 6) is 1.87. The van der Waals surface area contributed by atoms with Gasteiger partial charge >= 0.3 is 0 Å². The van der Waals surface area contributed by atoms with Crippen molar-refractivity contribution in [2.75, 3.05) is 18.7 Å². The fourth-order valence-electron chi connectivity index (χ4n) is 3.09. The van der Waals surface area contributed by atoms with Gasteiger partial charge in [0.15, 0.2) is 15.5 Å². The van der Waals surface area contributed by atoms with Gasteiger partial charge in [-0.3, -0.25) is 14.2 Å².